The largest absolute Gasteiger partial charge is 0.390 e. The highest BCUT2D eigenvalue weighted by Crippen LogP contribution is 2.37. The summed E-state index contributed by atoms with van der Waals surface area (Å²) < 4.78 is 27.9. The molecule has 1 aliphatic rings. The average Bonchev–Trinajstić information content (AvgIpc) is 3.07. The Kier molecular flexibility index (Phi) is 3.85. The topological polar surface area (TPSA) is 62.5 Å². The van der Waals surface area contributed by atoms with Crippen LogP contribution in [0.3, 0.4) is 0 Å². The summed E-state index contributed by atoms with van der Waals surface area (Å²) in [4.78, 5) is 0.243. The van der Waals surface area contributed by atoms with E-state index >= 15 is 0 Å². The molecule has 1 fully saturated rings. The molecular weight excluding hydrogens is 264 g/mol. The Hall–Kier alpha value is -1.11. The van der Waals surface area contributed by atoms with E-state index in [9.17, 15) is 13.5 Å². The molecule has 5 nitrogen and oxygen atoms in total. The zero-order valence-electron chi connectivity index (χ0n) is 11.3. The van der Waals surface area contributed by atoms with Crippen molar-refractivity contribution < 1.29 is 13.5 Å². The van der Waals surface area contributed by atoms with Crippen LogP contribution in [-0.4, -0.2) is 36.0 Å². The van der Waals surface area contributed by atoms with Crippen molar-refractivity contribution in [2.75, 3.05) is 13.6 Å². The lowest BCUT2D eigenvalue weighted by molar-refractivity contribution is 0.270. The van der Waals surface area contributed by atoms with E-state index in [0.29, 0.717) is 18.3 Å². The van der Waals surface area contributed by atoms with Gasteiger partial charge in [-0.25, -0.2) is 8.42 Å². The number of aromatic nitrogens is 1. The minimum absolute atomic E-state index is 0.143. The van der Waals surface area contributed by atoms with E-state index in [1.165, 1.54) is 11.4 Å². The monoisotopic (exact) mass is 284 g/mol. The summed E-state index contributed by atoms with van der Waals surface area (Å²) in [6.45, 7) is 5.67. The quantitative estimate of drug-likeness (QED) is 0.805. The van der Waals surface area contributed by atoms with Gasteiger partial charge in [0, 0.05) is 31.5 Å². The molecule has 0 aliphatic heterocycles. The number of aliphatic hydroxyl groups is 1. The van der Waals surface area contributed by atoms with Crippen molar-refractivity contribution in [3.8, 4) is 0 Å². The second-order valence-corrected chi connectivity index (χ2v) is 7.23. The number of hydrogen-bond donors (Lipinski definition) is 1. The second-order valence-electron chi connectivity index (χ2n) is 5.18. The third-order valence-corrected chi connectivity index (χ3v) is 4.98. The number of sulfonamides is 1. The zero-order chi connectivity index (χ0) is 14.2. The summed E-state index contributed by atoms with van der Waals surface area (Å²) in [5.41, 5.74) is 1.44. The highest BCUT2D eigenvalue weighted by atomic mass is 32.2. The summed E-state index contributed by atoms with van der Waals surface area (Å²) in [5.74, 6) is 0. The summed E-state index contributed by atoms with van der Waals surface area (Å²) in [6, 6.07) is 1.90. The Balaban J connectivity index is 2.32. The molecule has 2 rings (SSSR count). The first kappa shape index (κ1) is 14.3. The van der Waals surface area contributed by atoms with Crippen molar-refractivity contribution in [2.45, 2.75) is 37.3 Å². The normalized spacial score (nSPS) is 16.0. The van der Waals surface area contributed by atoms with Gasteiger partial charge in [-0.15, -0.1) is 0 Å². The molecule has 1 aliphatic carbocycles. The minimum Gasteiger partial charge on any atom is -0.390 e. The minimum atomic E-state index is -3.51. The first-order valence-electron chi connectivity index (χ1n) is 6.28. The predicted octanol–water partition coefficient (Wildman–Crippen LogP) is 1.51. The SMILES string of the molecule is C=C(C)CN(C)S(=O)(=O)c1cc(CO)n(C2CC2)c1. The van der Waals surface area contributed by atoms with Crippen LogP contribution in [0.15, 0.2) is 29.3 Å². The molecule has 0 radical (unpaired) electrons. The van der Waals surface area contributed by atoms with Gasteiger partial charge in [-0.3, -0.25) is 0 Å². The number of likely N-dealkylation sites (N-methyl/N-ethyl adjacent to an activating group) is 1. The average molecular weight is 284 g/mol. The Labute approximate surface area is 114 Å². The molecule has 1 saturated carbocycles. The van der Waals surface area contributed by atoms with E-state index in [-0.39, 0.29) is 11.5 Å². The van der Waals surface area contributed by atoms with Gasteiger partial charge in [0.05, 0.1) is 6.61 Å². The van der Waals surface area contributed by atoms with Crippen LogP contribution in [0.4, 0.5) is 0 Å². The lowest BCUT2D eigenvalue weighted by atomic mass is 10.4. The maximum atomic E-state index is 12.4. The fraction of sp³-hybridized carbons (Fsp3) is 0.538. The molecule has 0 saturated heterocycles. The van der Waals surface area contributed by atoms with Gasteiger partial charge >= 0.3 is 0 Å². The molecule has 1 N–H and O–H groups in total. The van der Waals surface area contributed by atoms with Crippen LogP contribution in [0.25, 0.3) is 0 Å². The van der Waals surface area contributed by atoms with Gasteiger partial charge < -0.3 is 9.67 Å². The molecule has 1 heterocycles. The number of aliphatic hydroxyl groups excluding tert-OH is 1. The van der Waals surface area contributed by atoms with E-state index in [0.717, 1.165) is 18.4 Å². The van der Waals surface area contributed by atoms with Gasteiger partial charge in [0.15, 0.2) is 0 Å². The van der Waals surface area contributed by atoms with E-state index in [1.54, 1.807) is 19.2 Å². The van der Waals surface area contributed by atoms with E-state index < -0.39 is 10.0 Å². The summed E-state index contributed by atoms with van der Waals surface area (Å²) in [6.07, 6.45) is 3.72. The van der Waals surface area contributed by atoms with Crippen molar-refractivity contribution in [1.82, 2.24) is 8.87 Å². The standard InChI is InChI=1S/C13H20N2O3S/c1-10(2)7-14(3)19(17,18)13-6-12(9-16)15(8-13)11-4-5-11/h6,8,11,16H,1,4-5,7,9H2,2-3H3. The molecule has 0 spiro atoms. The first-order valence-corrected chi connectivity index (χ1v) is 7.72. The summed E-state index contributed by atoms with van der Waals surface area (Å²) >= 11 is 0. The lowest BCUT2D eigenvalue weighted by Crippen LogP contribution is -2.28. The van der Waals surface area contributed by atoms with Crippen LogP contribution in [0.1, 0.15) is 31.5 Å². The molecule has 106 valence electrons. The first-order chi connectivity index (χ1) is 8.86. The smallest absolute Gasteiger partial charge is 0.244 e. The maximum absolute atomic E-state index is 12.4. The highest BCUT2D eigenvalue weighted by molar-refractivity contribution is 7.89. The molecule has 0 atom stereocenters. The Morgan fingerprint density at radius 2 is 2.21 bits per heavy atom. The van der Waals surface area contributed by atoms with Crippen LogP contribution in [-0.2, 0) is 16.6 Å². The van der Waals surface area contributed by atoms with Crippen LogP contribution >= 0.6 is 0 Å². The Bertz CT molecular complexity index is 585. The van der Waals surface area contributed by atoms with Crippen LogP contribution in [0.2, 0.25) is 0 Å². The van der Waals surface area contributed by atoms with Gasteiger partial charge in [0.1, 0.15) is 4.90 Å². The third-order valence-electron chi connectivity index (χ3n) is 3.21. The van der Waals surface area contributed by atoms with Crippen molar-refractivity contribution in [2.24, 2.45) is 0 Å². The van der Waals surface area contributed by atoms with Crippen molar-refractivity contribution in [3.63, 3.8) is 0 Å². The van der Waals surface area contributed by atoms with Gasteiger partial charge in [-0.05, 0) is 25.8 Å². The number of rotatable bonds is 6. The molecule has 1 aromatic rings. The van der Waals surface area contributed by atoms with E-state index in [4.69, 9.17) is 0 Å². The van der Waals surface area contributed by atoms with Crippen molar-refractivity contribution in [3.05, 3.63) is 30.1 Å². The van der Waals surface area contributed by atoms with Crippen LogP contribution in [0, 0.1) is 0 Å². The highest BCUT2D eigenvalue weighted by Gasteiger charge is 2.29. The maximum Gasteiger partial charge on any atom is 0.244 e. The second kappa shape index (κ2) is 5.11. The molecule has 1 aromatic heterocycles. The molecule has 0 unspecified atom stereocenters. The molecule has 19 heavy (non-hydrogen) atoms. The molecule has 6 heteroatoms. The predicted molar refractivity (Wildman–Crippen MR) is 73.3 cm³/mol. The molecular formula is C13H20N2O3S. The van der Waals surface area contributed by atoms with Gasteiger partial charge in [-0.2, -0.15) is 4.31 Å². The Morgan fingerprint density at radius 3 is 2.68 bits per heavy atom. The van der Waals surface area contributed by atoms with Crippen molar-refractivity contribution >= 4 is 10.0 Å². The Morgan fingerprint density at radius 1 is 1.58 bits per heavy atom. The van der Waals surface area contributed by atoms with Crippen LogP contribution in [0.5, 0.6) is 0 Å². The van der Waals surface area contributed by atoms with Gasteiger partial charge in [0.25, 0.3) is 0 Å². The molecule has 0 bridgehead atoms. The summed E-state index contributed by atoms with van der Waals surface area (Å²) in [7, 11) is -1.97. The molecule has 0 aromatic carbocycles. The van der Waals surface area contributed by atoms with Gasteiger partial charge in [-0.1, -0.05) is 12.2 Å². The fourth-order valence-corrected chi connectivity index (χ4v) is 3.38. The third kappa shape index (κ3) is 2.91. The molecule has 0 amide bonds. The fourth-order valence-electron chi connectivity index (χ4n) is 2.10. The number of hydrogen-bond acceptors (Lipinski definition) is 3. The lowest BCUT2D eigenvalue weighted by Gasteiger charge is -2.15. The van der Waals surface area contributed by atoms with Gasteiger partial charge in [0.2, 0.25) is 10.0 Å². The van der Waals surface area contributed by atoms with Crippen LogP contribution < -0.4 is 0 Å². The van der Waals surface area contributed by atoms with E-state index in [2.05, 4.69) is 6.58 Å². The van der Waals surface area contributed by atoms with Crippen molar-refractivity contribution in [1.29, 1.82) is 0 Å². The summed E-state index contributed by atoms with van der Waals surface area (Å²) in [5, 5.41) is 9.31. The number of nitrogens with zero attached hydrogens (tertiary/aromatic N) is 2. The zero-order valence-corrected chi connectivity index (χ0v) is 12.2. The van der Waals surface area contributed by atoms with E-state index in [1.807, 2.05) is 4.57 Å².